The summed E-state index contributed by atoms with van der Waals surface area (Å²) < 4.78 is 1.78. The van der Waals surface area contributed by atoms with Crippen molar-refractivity contribution >= 4 is 11.3 Å². The maximum Gasteiger partial charge on any atom is 0.0863 e. The average Bonchev–Trinajstić information content (AvgIpc) is 2.79. The fourth-order valence-electron chi connectivity index (χ4n) is 1.58. The Balaban J connectivity index is 2.14. The number of nitrogens with zero attached hydrogens (tertiary/aromatic N) is 2. The molecule has 0 fully saturated rings. The highest BCUT2D eigenvalue weighted by molar-refractivity contribution is 7.07. The molecule has 0 aliphatic heterocycles. The van der Waals surface area contributed by atoms with Gasteiger partial charge in [0, 0.05) is 24.7 Å². The van der Waals surface area contributed by atoms with Crippen LogP contribution in [0.5, 0.6) is 0 Å². The van der Waals surface area contributed by atoms with E-state index in [-0.39, 0.29) is 0 Å². The first-order chi connectivity index (χ1) is 7.18. The van der Waals surface area contributed by atoms with Crippen molar-refractivity contribution in [2.24, 2.45) is 7.05 Å². The van der Waals surface area contributed by atoms with E-state index in [1.165, 1.54) is 5.56 Å². The molecule has 0 aliphatic rings. The number of hydrogen-bond acceptors (Lipinski definition) is 3. The quantitative estimate of drug-likeness (QED) is 0.863. The van der Waals surface area contributed by atoms with Crippen molar-refractivity contribution in [3.63, 3.8) is 0 Å². The molecule has 1 N–H and O–H groups in total. The van der Waals surface area contributed by atoms with E-state index in [1.807, 2.05) is 25.4 Å². The minimum Gasteiger partial charge on any atom is -0.388 e. The van der Waals surface area contributed by atoms with Gasteiger partial charge in [-0.05, 0) is 29.3 Å². The highest BCUT2D eigenvalue weighted by Gasteiger charge is 2.14. The molecule has 2 aromatic rings. The Labute approximate surface area is 93.0 Å². The summed E-state index contributed by atoms with van der Waals surface area (Å²) in [6.07, 6.45) is 1.95. The van der Waals surface area contributed by atoms with Gasteiger partial charge in [0.25, 0.3) is 0 Å². The molecule has 0 aliphatic carbocycles. The molecule has 0 amide bonds. The van der Waals surface area contributed by atoms with Crippen molar-refractivity contribution < 1.29 is 5.11 Å². The van der Waals surface area contributed by atoms with E-state index in [0.29, 0.717) is 6.42 Å². The van der Waals surface area contributed by atoms with E-state index >= 15 is 0 Å². The second-order valence-electron chi connectivity index (χ2n) is 3.66. The number of aromatic nitrogens is 2. The van der Waals surface area contributed by atoms with E-state index in [4.69, 9.17) is 0 Å². The second kappa shape index (κ2) is 4.16. The van der Waals surface area contributed by atoms with Crippen LogP contribution in [0.4, 0.5) is 0 Å². The zero-order valence-electron chi connectivity index (χ0n) is 8.84. The molecule has 0 radical (unpaired) electrons. The van der Waals surface area contributed by atoms with E-state index in [1.54, 1.807) is 22.2 Å². The maximum absolute atomic E-state index is 10.0. The van der Waals surface area contributed by atoms with Gasteiger partial charge in [-0.1, -0.05) is 0 Å². The first kappa shape index (κ1) is 10.4. The molecule has 1 atom stereocenters. The van der Waals surface area contributed by atoms with Crippen LogP contribution in [0.2, 0.25) is 0 Å². The monoisotopic (exact) mass is 222 g/mol. The van der Waals surface area contributed by atoms with E-state index < -0.39 is 6.10 Å². The lowest BCUT2D eigenvalue weighted by atomic mass is 10.0. The zero-order valence-corrected chi connectivity index (χ0v) is 9.66. The number of thiophene rings is 1. The summed E-state index contributed by atoms with van der Waals surface area (Å²) in [5.74, 6) is 0. The molecule has 0 bridgehead atoms. The lowest BCUT2D eigenvalue weighted by molar-refractivity contribution is 0.177. The Bertz CT molecular complexity index is 433. The normalized spacial score (nSPS) is 13.0. The molecule has 2 rings (SSSR count). The topological polar surface area (TPSA) is 38.1 Å². The highest BCUT2D eigenvalue weighted by Crippen LogP contribution is 2.21. The smallest absolute Gasteiger partial charge is 0.0863 e. The average molecular weight is 222 g/mol. The zero-order chi connectivity index (χ0) is 10.8. The standard InChI is InChI=1S/C11H14N2OS/c1-8-10(6-12-13(8)2)11(14)5-9-3-4-15-7-9/h3-4,6-7,11,14H,5H2,1-2H3. The van der Waals surface area contributed by atoms with E-state index in [9.17, 15) is 5.11 Å². The van der Waals surface area contributed by atoms with Gasteiger partial charge in [-0.3, -0.25) is 4.68 Å². The minimum absolute atomic E-state index is 0.451. The number of aliphatic hydroxyl groups excluding tert-OH is 1. The third-order valence-corrected chi connectivity index (χ3v) is 3.37. The van der Waals surface area contributed by atoms with Crippen LogP contribution in [0.25, 0.3) is 0 Å². The molecule has 0 spiro atoms. The molecule has 80 valence electrons. The molecule has 15 heavy (non-hydrogen) atoms. The van der Waals surface area contributed by atoms with Gasteiger partial charge in [0.15, 0.2) is 0 Å². The molecule has 0 saturated carbocycles. The Morgan fingerprint density at radius 2 is 2.40 bits per heavy atom. The van der Waals surface area contributed by atoms with Crippen LogP contribution in [0.1, 0.15) is 22.9 Å². The summed E-state index contributed by atoms with van der Waals surface area (Å²) in [6, 6.07) is 2.04. The molecule has 4 heteroatoms. The van der Waals surface area contributed by atoms with Crippen LogP contribution in [-0.2, 0) is 13.5 Å². The third kappa shape index (κ3) is 2.11. The molecule has 0 aromatic carbocycles. The predicted octanol–water partition coefficient (Wildman–Crippen LogP) is 2.07. The second-order valence-corrected chi connectivity index (χ2v) is 4.44. The van der Waals surface area contributed by atoms with Crippen molar-refractivity contribution in [3.05, 3.63) is 39.8 Å². The lowest BCUT2D eigenvalue weighted by Gasteiger charge is -2.08. The van der Waals surface area contributed by atoms with Crippen LogP contribution in [0.15, 0.2) is 23.0 Å². The largest absolute Gasteiger partial charge is 0.388 e. The van der Waals surface area contributed by atoms with Crippen LogP contribution in [-0.4, -0.2) is 14.9 Å². The van der Waals surface area contributed by atoms with Gasteiger partial charge in [0.2, 0.25) is 0 Å². The Kier molecular flexibility index (Phi) is 2.88. The third-order valence-electron chi connectivity index (χ3n) is 2.64. The fourth-order valence-corrected chi connectivity index (χ4v) is 2.27. The molecule has 2 heterocycles. The van der Waals surface area contributed by atoms with Gasteiger partial charge in [-0.25, -0.2) is 0 Å². The summed E-state index contributed by atoms with van der Waals surface area (Å²) in [6.45, 7) is 1.97. The van der Waals surface area contributed by atoms with Crippen LogP contribution >= 0.6 is 11.3 Å². The molecule has 1 unspecified atom stereocenters. The van der Waals surface area contributed by atoms with Gasteiger partial charge in [0.1, 0.15) is 0 Å². The molecular weight excluding hydrogens is 208 g/mol. The Hall–Kier alpha value is -1.13. The summed E-state index contributed by atoms with van der Waals surface area (Å²) in [5.41, 5.74) is 3.12. The van der Waals surface area contributed by atoms with Crippen molar-refractivity contribution in [2.75, 3.05) is 0 Å². The van der Waals surface area contributed by atoms with E-state index in [2.05, 4.69) is 10.5 Å². The first-order valence-electron chi connectivity index (χ1n) is 4.86. The van der Waals surface area contributed by atoms with Crippen LogP contribution in [0.3, 0.4) is 0 Å². The van der Waals surface area contributed by atoms with Crippen molar-refractivity contribution in [1.29, 1.82) is 0 Å². The minimum atomic E-state index is -0.451. The summed E-state index contributed by atoms with van der Waals surface area (Å²) in [5, 5.41) is 18.3. The summed E-state index contributed by atoms with van der Waals surface area (Å²) in [7, 11) is 1.89. The molecular formula is C11H14N2OS. The van der Waals surface area contributed by atoms with E-state index in [0.717, 1.165) is 11.3 Å². The molecule has 2 aromatic heterocycles. The van der Waals surface area contributed by atoms with Crippen molar-refractivity contribution in [2.45, 2.75) is 19.4 Å². The number of aryl methyl sites for hydroxylation is 1. The fraction of sp³-hybridized carbons (Fsp3) is 0.364. The number of rotatable bonds is 3. The first-order valence-corrected chi connectivity index (χ1v) is 5.80. The Morgan fingerprint density at radius 3 is 2.93 bits per heavy atom. The van der Waals surface area contributed by atoms with Gasteiger partial charge in [0.05, 0.1) is 12.3 Å². The summed E-state index contributed by atoms with van der Waals surface area (Å²) >= 11 is 1.65. The summed E-state index contributed by atoms with van der Waals surface area (Å²) in [4.78, 5) is 0. The van der Waals surface area contributed by atoms with Gasteiger partial charge in [-0.2, -0.15) is 16.4 Å². The van der Waals surface area contributed by atoms with Gasteiger partial charge in [-0.15, -0.1) is 0 Å². The molecule has 0 saturated heterocycles. The highest BCUT2D eigenvalue weighted by atomic mass is 32.1. The SMILES string of the molecule is Cc1c(C(O)Cc2ccsc2)cnn1C. The van der Waals surface area contributed by atoms with Gasteiger partial charge < -0.3 is 5.11 Å². The van der Waals surface area contributed by atoms with Crippen LogP contribution < -0.4 is 0 Å². The van der Waals surface area contributed by atoms with Crippen molar-refractivity contribution in [3.8, 4) is 0 Å². The van der Waals surface area contributed by atoms with Crippen LogP contribution in [0, 0.1) is 6.92 Å². The number of aliphatic hydroxyl groups is 1. The van der Waals surface area contributed by atoms with Gasteiger partial charge >= 0.3 is 0 Å². The predicted molar refractivity (Wildman–Crippen MR) is 60.9 cm³/mol. The lowest BCUT2D eigenvalue weighted by Crippen LogP contribution is -2.03. The maximum atomic E-state index is 10.0. The molecule has 3 nitrogen and oxygen atoms in total. The Morgan fingerprint density at radius 1 is 1.60 bits per heavy atom. The van der Waals surface area contributed by atoms with Crippen molar-refractivity contribution in [1.82, 2.24) is 9.78 Å². The number of hydrogen-bond donors (Lipinski definition) is 1.